The molecule has 0 N–H and O–H groups in total. The van der Waals surface area contributed by atoms with Crippen molar-refractivity contribution in [2.45, 2.75) is 6.42 Å². The SMILES string of the molecule is O=C(Cc1ccc(F)cc1Br)c1ccc(Br)c(F)c1. The van der Waals surface area contributed by atoms with Crippen LogP contribution in [0.4, 0.5) is 8.78 Å². The first-order valence-corrected chi connectivity index (χ1v) is 6.98. The number of benzene rings is 2. The fraction of sp³-hybridized carbons (Fsp3) is 0.0714. The van der Waals surface area contributed by atoms with E-state index in [4.69, 9.17) is 0 Å². The first-order chi connectivity index (χ1) is 8.97. The van der Waals surface area contributed by atoms with Crippen molar-refractivity contribution in [1.29, 1.82) is 0 Å². The third kappa shape index (κ3) is 3.48. The van der Waals surface area contributed by atoms with E-state index in [1.165, 1.54) is 30.3 Å². The Bertz CT molecular complexity index is 641. The van der Waals surface area contributed by atoms with Gasteiger partial charge in [-0.05, 0) is 45.8 Å². The second kappa shape index (κ2) is 5.92. The average molecular weight is 390 g/mol. The summed E-state index contributed by atoms with van der Waals surface area (Å²) in [5, 5.41) is 0. The van der Waals surface area contributed by atoms with Gasteiger partial charge in [-0.3, -0.25) is 4.79 Å². The van der Waals surface area contributed by atoms with Crippen LogP contribution in [-0.2, 0) is 6.42 Å². The molecule has 0 heterocycles. The highest BCUT2D eigenvalue weighted by atomic mass is 79.9. The highest BCUT2D eigenvalue weighted by molar-refractivity contribution is 9.10. The number of hydrogen-bond acceptors (Lipinski definition) is 1. The van der Waals surface area contributed by atoms with Gasteiger partial charge in [0.05, 0.1) is 4.47 Å². The van der Waals surface area contributed by atoms with Crippen molar-refractivity contribution in [3.05, 3.63) is 68.1 Å². The van der Waals surface area contributed by atoms with Crippen LogP contribution in [0, 0.1) is 11.6 Å². The number of ketones is 1. The summed E-state index contributed by atoms with van der Waals surface area (Å²) in [6, 6.07) is 8.34. The van der Waals surface area contributed by atoms with Gasteiger partial charge in [0.15, 0.2) is 5.78 Å². The molecule has 1 nitrogen and oxygen atoms in total. The number of rotatable bonds is 3. The summed E-state index contributed by atoms with van der Waals surface area (Å²) in [4.78, 5) is 12.0. The normalized spacial score (nSPS) is 10.5. The molecular formula is C14H8Br2F2O. The van der Waals surface area contributed by atoms with Gasteiger partial charge in [-0.2, -0.15) is 0 Å². The van der Waals surface area contributed by atoms with E-state index in [1.807, 2.05) is 0 Å². The molecule has 0 saturated heterocycles. The highest BCUT2D eigenvalue weighted by Gasteiger charge is 2.12. The third-order valence-electron chi connectivity index (χ3n) is 2.61. The fourth-order valence-electron chi connectivity index (χ4n) is 1.61. The average Bonchev–Trinajstić information content (AvgIpc) is 2.36. The van der Waals surface area contributed by atoms with Crippen molar-refractivity contribution < 1.29 is 13.6 Å². The Morgan fingerprint density at radius 2 is 1.74 bits per heavy atom. The topological polar surface area (TPSA) is 17.1 Å². The molecule has 0 amide bonds. The lowest BCUT2D eigenvalue weighted by atomic mass is 10.0. The molecule has 0 aliphatic carbocycles. The van der Waals surface area contributed by atoms with Crippen molar-refractivity contribution >= 4 is 37.6 Å². The molecule has 0 saturated carbocycles. The Morgan fingerprint density at radius 1 is 1.00 bits per heavy atom. The van der Waals surface area contributed by atoms with Crippen LogP contribution in [0.3, 0.4) is 0 Å². The Kier molecular flexibility index (Phi) is 4.47. The van der Waals surface area contributed by atoms with Crippen molar-refractivity contribution in [3.63, 3.8) is 0 Å². The summed E-state index contributed by atoms with van der Waals surface area (Å²) < 4.78 is 27.1. The summed E-state index contributed by atoms with van der Waals surface area (Å²) in [7, 11) is 0. The monoisotopic (exact) mass is 388 g/mol. The molecule has 2 aromatic rings. The maximum Gasteiger partial charge on any atom is 0.167 e. The van der Waals surface area contributed by atoms with E-state index >= 15 is 0 Å². The van der Waals surface area contributed by atoms with Crippen LogP contribution in [0.5, 0.6) is 0 Å². The Morgan fingerprint density at radius 3 is 2.37 bits per heavy atom. The zero-order valence-corrected chi connectivity index (χ0v) is 12.8. The maximum atomic E-state index is 13.4. The molecule has 0 aromatic heterocycles. The van der Waals surface area contributed by atoms with Gasteiger partial charge in [0.2, 0.25) is 0 Å². The minimum absolute atomic E-state index is 0.0853. The molecule has 2 aromatic carbocycles. The van der Waals surface area contributed by atoms with E-state index in [0.717, 1.165) is 0 Å². The van der Waals surface area contributed by atoms with Gasteiger partial charge < -0.3 is 0 Å². The Labute approximate surface area is 125 Å². The molecule has 0 unspecified atom stereocenters. The van der Waals surface area contributed by atoms with Crippen LogP contribution in [0.15, 0.2) is 45.3 Å². The molecule has 0 aliphatic heterocycles. The van der Waals surface area contributed by atoms with Gasteiger partial charge in [0, 0.05) is 16.5 Å². The smallest absolute Gasteiger partial charge is 0.167 e. The van der Waals surface area contributed by atoms with Crippen molar-refractivity contribution in [2.24, 2.45) is 0 Å². The molecule has 0 fully saturated rings. The third-order valence-corrected chi connectivity index (χ3v) is 3.99. The number of carbonyl (C=O) groups is 1. The van der Waals surface area contributed by atoms with Crippen LogP contribution in [0.1, 0.15) is 15.9 Å². The van der Waals surface area contributed by atoms with E-state index in [9.17, 15) is 13.6 Å². The fourth-order valence-corrected chi connectivity index (χ4v) is 2.35. The predicted molar refractivity (Wildman–Crippen MR) is 76.2 cm³/mol. The van der Waals surface area contributed by atoms with Crippen LogP contribution in [-0.4, -0.2) is 5.78 Å². The van der Waals surface area contributed by atoms with E-state index in [2.05, 4.69) is 31.9 Å². The standard InChI is InChI=1S/C14H8Br2F2O/c15-11-4-2-9(5-13(11)18)14(19)6-8-1-3-10(17)7-12(8)16/h1-5,7H,6H2. The van der Waals surface area contributed by atoms with Gasteiger partial charge in [0.25, 0.3) is 0 Å². The zero-order chi connectivity index (χ0) is 14.0. The lowest BCUT2D eigenvalue weighted by Crippen LogP contribution is -2.05. The summed E-state index contributed by atoms with van der Waals surface area (Å²) in [6.07, 6.45) is 0.0853. The minimum atomic E-state index is -0.482. The molecule has 0 aliphatic rings. The molecule has 0 atom stereocenters. The van der Waals surface area contributed by atoms with Crippen LogP contribution < -0.4 is 0 Å². The lowest BCUT2D eigenvalue weighted by molar-refractivity contribution is 0.0992. The molecule has 5 heteroatoms. The number of halogens is 4. The number of Topliss-reactive ketones (excluding diaryl/α,β-unsaturated/α-hetero) is 1. The largest absolute Gasteiger partial charge is 0.294 e. The minimum Gasteiger partial charge on any atom is -0.294 e. The van der Waals surface area contributed by atoms with Crippen LogP contribution in [0.25, 0.3) is 0 Å². The molecular weight excluding hydrogens is 382 g/mol. The molecule has 19 heavy (non-hydrogen) atoms. The molecule has 2 rings (SSSR count). The molecule has 98 valence electrons. The Hall–Kier alpha value is -1.07. The maximum absolute atomic E-state index is 13.4. The molecule has 0 spiro atoms. The summed E-state index contributed by atoms with van der Waals surface area (Å²) in [5.74, 6) is -1.08. The quantitative estimate of drug-likeness (QED) is 0.681. The lowest BCUT2D eigenvalue weighted by Gasteiger charge is -2.05. The first-order valence-electron chi connectivity index (χ1n) is 5.39. The zero-order valence-electron chi connectivity index (χ0n) is 9.59. The van der Waals surface area contributed by atoms with Gasteiger partial charge in [0.1, 0.15) is 11.6 Å². The van der Waals surface area contributed by atoms with Crippen molar-refractivity contribution in [2.75, 3.05) is 0 Å². The number of hydrogen-bond donors (Lipinski definition) is 0. The van der Waals surface area contributed by atoms with Gasteiger partial charge in [-0.25, -0.2) is 8.78 Å². The second-order valence-electron chi connectivity index (χ2n) is 3.96. The first kappa shape index (κ1) is 14.3. The predicted octanol–water partition coefficient (Wildman–Crippen LogP) is 4.92. The second-order valence-corrected chi connectivity index (χ2v) is 5.67. The highest BCUT2D eigenvalue weighted by Crippen LogP contribution is 2.21. The van der Waals surface area contributed by atoms with Crippen LogP contribution in [0.2, 0.25) is 0 Å². The van der Waals surface area contributed by atoms with E-state index in [-0.39, 0.29) is 23.6 Å². The van der Waals surface area contributed by atoms with Crippen LogP contribution >= 0.6 is 31.9 Å². The molecule has 0 bridgehead atoms. The summed E-state index contributed by atoms with van der Waals surface area (Å²) >= 11 is 6.23. The Balaban J connectivity index is 2.23. The summed E-state index contributed by atoms with van der Waals surface area (Å²) in [5.41, 5.74) is 0.951. The van der Waals surface area contributed by atoms with Crippen molar-refractivity contribution in [3.8, 4) is 0 Å². The molecule has 0 radical (unpaired) electrons. The number of carbonyl (C=O) groups excluding carboxylic acids is 1. The van der Waals surface area contributed by atoms with E-state index in [0.29, 0.717) is 14.5 Å². The van der Waals surface area contributed by atoms with Gasteiger partial charge in [-0.1, -0.05) is 28.1 Å². The van der Waals surface area contributed by atoms with E-state index < -0.39 is 5.82 Å². The van der Waals surface area contributed by atoms with Crippen molar-refractivity contribution in [1.82, 2.24) is 0 Å². The van der Waals surface area contributed by atoms with E-state index in [1.54, 1.807) is 6.07 Å². The van der Waals surface area contributed by atoms with Gasteiger partial charge >= 0.3 is 0 Å². The van der Waals surface area contributed by atoms with Gasteiger partial charge in [-0.15, -0.1) is 0 Å². The summed E-state index contributed by atoms with van der Waals surface area (Å²) in [6.45, 7) is 0.